The topological polar surface area (TPSA) is 150 Å². The van der Waals surface area contributed by atoms with Crippen molar-refractivity contribution in [3.8, 4) is 22.8 Å². The number of carbonyl (C=O) groups is 5. The second-order valence-electron chi connectivity index (χ2n) is 17.7. The summed E-state index contributed by atoms with van der Waals surface area (Å²) in [5.41, 5.74) is 0.354. The largest absolute Gasteiger partial charge is 0.497 e. The fourth-order valence-electron chi connectivity index (χ4n) is 9.19. The highest BCUT2D eigenvalue weighted by molar-refractivity contribution is 5.97. The highest BCUT2D eigenvalue weighted by atomic mass is 16.5. The van der Waals surface area contributed by atoms with Crippen molar-refractivity contribution in [3.05, 3.63) is 67.3 Å². The van der Waals surface area contributed by atoms with E-state index in [4.69, 9.17) is 19.2 Å². The first kappa shape index (κ1) is 43.5. The molecule has 3 aliphatic rings. The summed E-state index contributed by atoms with van der Waals surface area (Å²) in [6.07, 6.45) is 6.95. The molecule has 2 aromatic carbocycles. The van der Waals surface area contributed by atoms with Crippen LogP contribution in [0.4, 0.5) is 0 Å². The van der Waals surface area contributed by atoms with Gasteiger partial charge in [-0.1, -0.05) is 83.4 Å². The van der Waals surface area contributed by atoms with Gasteiger partial charge in [-0.25, -0.2) is 9.78 Å². The predicted molar refractivity (Wildman–Crippen MR) is 227 cm³/mol. The molecule has 11 heteroatoms. The van der Waals surface area contributed by atoms with Gasteiger partial charge in [0.05, 0.1) is 36.9 Å². The maximum Gasteiger partial charge on any atom is 0.332 e. The SMILES string of the molecule is C=C[C@@H]1C[C@]1(NC(=O)[C@@H]1C[C@@H](Oc2cc(-c3ccccc3)nc3cc(OC)ccc23)C[C@H]1C(=O)C[C@H](C(=O)N[C@H](C(=O)CC)C1CCCCC1)C(C)(C)C)C(=O)OCC. The molecule has 0 saturated heterocycles. The van der Waals surface area contributed by atoms with Gasteiger partial charge in [-0.15, -0.1) is 6.58 Å². The smallest absolute Gasteiger partial charge is 0.332 e. The third-order valence-electron chi connectivity index (χ3n) is 12.8. The van der Waals surface area contributed by atoms with Crippen molar-refractivity contribution in [1.82, 2.24) is 15.6 Å². The highest BCUT2D eigenvalue weighted by Crippen LogP contribution is 2.47. The zero-order chi connectivity index (χ0) is 42.5. The number of aromatic nitrogens is 1. The van der Waals surface area contributed by atoms with Gasteiger partial charge in [0.15, 0.2) is 5.78 Å². The normalized spacial score (nSPS) is 24.0. The summed E-state index contributed by atoms with van der Waals surface area (Å²) in [5.74, 6) is -3.01. The van der Waals surface area contributed by atoms with Gasteiger partial charge in [-0.3, -0.25) is 19.2 Å². The number of ketones is 2. The number of hydrogen-bond donors (Lipinski definition) is 2. The van der Waals surface area contributed by atoms with E-state index in [9.17, 15) is 24.0 Å². The number of fused-ring (bicyclic) bond motifs is 1. The zero-order valence-corrected chi connectivity index (χ0v) is 35.5. The van der Waals surface area contributed by atoms with E-state index in [0.717, 1.165) is 43.1 Å². The van der Waals surface area contributed by atoms with Crippen molar-refractivity contribution in [2.75, 3.05) is 13.7 Å². The molecule has 316 valence electrons. The molecule has 0 aliphatic heterocycles. The number of Topliss-reactive ketones (excluding diaryl/α,β-unsaturated/α-hetero) is 2. The van der Waals surface area contributed by atoms with Crippen molar-refractivity contribution in [1.29, 1.82) is 0 Å². The monoisotopic (exact) mass is 807 g/mol. The van der Waals surface area contributed by atoms with Crippen molar-refractivity contribution in [2.45, 2.75) is 117 Å². The van der Waals surface area contributed by atoms with Crippen molar-refractivity contribution in [3.63, 3.8) is 0 Å². The summed E-state index contributed by atoms with van der Waals surface area (Å²) in [5, 5.41) is 6.85. The lowest BCUT2D eigenvalue weighted by molar-refractivity contribution is -0.150. The minimum absolute atomic E-state index is 0.00249. The van der Waals surface area contributed by atoms with E-state index in [0.29, 0.717) is 35.6 Å². The lowest BCUT2D eigenvalue weighted by Gasteiger charge is -2.35. The Morgan fingerprint density at radius 3 is 2.31 bits per heavy atom. The van der Waals surface area contributed by atoms with Crippen LogP contribution in [0.25, 0.3) is 22.2 Å². The molecule has 59 heavy (non-hydrogen) atoms. The number of rotatable bonds is 17. The Kier molecular flexibility index (Phi) is 13.6. The van der Waals surface area contributed by atoms with Crippen LogP contribution in [0.2, 0.25) is 0 Å². The van der Waals surface area contributed by atoms with Gasteiger partial charge in [0.25, 0.3) is 0 Å². The first-order valence-electron chi connectivity index (χ1n) is 21.4. The molecule has 0 bridgehead atoms. The molecular weight excluding hydrogens is 747 g/mol. The molecule has 3 saturated carbocycles. The number of benzene rings is 2. The number of nitrogens with one attached hydrogen (secondary N) is 2. The van der Waals surface area contributed by atoms with Gasteiger partial charge >= 0.3 is 5.97 Å². The molecule has 6 rings (SSSR count). The van der Waals surface area contributed by atoms with Gasteiger partial charge in [-0.2, -0.15) is 0 Å². The lowest BCUT2D eigenvalue weighted by Crippen LogP contribution is -2.51. The Balaban J connectivity index is 1.31. The van der Waals surface area contributed by atoms with Crippen LogP contribution >= 0.6 is 0 Å². The molecule has 3 fully saturated rings. The van der Waals surface area contributed by atoms with E-state index >= 15 is 0 Å². The minimum Gasteiger partial charge on any atom is -0.497 e. The molecule has 7 atom stereocenters. The third kappa shape index (κ3) is 9.71. The molecule has 0 spiro atoms. The maximum absolute atomic E-state index is 14.7. The van der Waals surface area contributed by atoms with Crippen LogP contribution in [-0.4, -0.2) is 65.7 Å². The Hall–Kier alpha value is -5.06. The summed E-state index contributed by atoms with van der Waals surface area (Å²) in [6, 6.07) is 16.6. The van der Waals surface area contributed by atoms with E-state index < -0.39 is 52.7 Å². The lowest BCUT2D eigenvalue weighted by atomic mass is 9.74. The van der Waals surface area contributed by atoms with Crippen molar-refractivity contribution >= 4 is 40.3 Å². The summed E-state index contributed by atoms with van der Waals surface area (Å²) in [6.45, 7) is 13.3. The molecule has 1 heterocycles. The van der Waals surface area contributed by atoms with Crippen LogP contribution in [0.5, 0.6) is 11.5 Å². The number of amides is 2. The minimum atomic E-state index is -1.25. The second-order valence-corrected chi connectivity index (χ2v) is 17.7. The Bertz CT molecular complexity index is 2040. The number of nitrogens with zero attached hydrogens (tertiary/aromatic N) is 1. The van der Waals surface area contributed by atoms with Crippen LogP contribution in [0.15, 0.2) is 67.3 Å². The quantitative estimate of drug-likeness (QED) is 0.102. The average Bonchev–Trinajstić information content (AvgIpc) is 3.79. The number of esters is 1. The fourth-order valence-corrected chi connectivity index (χ4v) is 9.19. The van der Waals surface area contributed by atoms with Crippen molar-refractivity contribution < 1.29 is 38.2 Å². The number of carbonyl (C=O) groups excluding carboxylic acids is 5. The molecule has 3 aromatic rings. The van der Waals surface area contributed by atoms with E-state index in [1.807, 2.05) is 82.3 Å². The molecule has 2 amide bonds. The van der Waals surface area contributed by atoms with Crippen LogP contribution < -0.4 is 20.1 Å². The molecule has 1 aromatic heterocycles. The van der Waals surface area contributed by atoms with Crippen molar-refractivity contribution in [2.24, 2.45) is 35.0 Å². The van der Waals surface area contributed by atoms with Gasteiger partial charge in [0.1, 0.15) is 28.9 Å². The van der Waals surface area contributed by atoms with Gasteiger partial charge in [-0.05, 0) is 62.5 Å². The number of pyridine rings is 1. The molecule has 0 radical (unpaired) electrons. The van der Waals surface area contributed by atoms with Crippen LogP contribution in [-0.2, 0) is 28.7 Å². The highest BCUT2D eigenvalue weighted by Gasteiger charge is 2.62. The molecule has 2 N–H and O–H groups in total. The van der Waals surface area contributed by atoms with E-state index in [2.05, 4.69) is 17.2 Å². The van der Waals surface area contributed by atoms with E-state index in [-0.39, 0.29) is 55.2 Å². The van der Waals surface area contributed by atoms with Gasteiger partial charge in [0, 0.05) is 53.7 Å². The summed E-state index contributed by atoms with van der Waals surface area (Å²) in [7, 11) is 1.60. The van der Waals surface area contributed by atoms with E-state index in [1.54, 1.807) is 20.1 Å². The first-order chi connectivity index (χ1) is 28.2. The maximum atomic E-state index is 14.7. The van der Waals surface area contributed by atoms with E-state index in [1.165, 1.54) is 0 Å². The number of methoxy groups -OCH3 is 1. The summed E-state index contributed by atoms with van der Waals surface area (Å²) < 4.78 is 17.7. The van der Waals surface area contributed by atoms with Gasteiger partial charge < -0.3 is 24.8 Å². The Morgan fingerprint density at radius 2 is 1.68 bits per heavy atom. The third-order valence-corrected chi connectivity index (χ3v) is 12.8. The molecule has 3 aliphatic carbocycles. The molecular formula is C48H61N3O8. The zero-order valence-electron chi connectivity index (χ0n) is 35.5. The van der Waals surface area contributed by atoms with Crippen LogP contribution in [0.3, 0.4) is 0 Å². The second kappa shape index (κ2) is 18.5. The Morgan fingerprint density at radius 1 is 0.966 bits per heavy atom. The predicted octanol–water partition coefficient (Wildman–Crippen LogP) is 7.97. The first-order valence-corrected chi connectivity index (χ1v) is 21.4. The van der Waals surface area contributed by atoms with Crippen LogP contribution in [0, 0.1) is 35.0 Å². The van der Waals surface area contributed by atoms with Gasteiger partial charge in [0.2, 0.25) is 11.8 Å². The van der Waals surface area contributed by atoms with Crippen LogP contribution in [0.1, 0.15) is 98.8 Å². The molecule has 0 unspecified atom stereocenters. The standard InChI is InChI=1S/C48H61N3O8/c1-8-31-28-48(31,46(56)58-10-3)51-44(54)36-24-33(59-42-27-38(29-17-13-11-14-18-29)49-39-25-32(57-7)21-22-34(39)42)23-35(36)41(53)26-37(47(4,5)6)45(55)50-43(40(52)9-2)30-19-15-12-16-20-30/h8,11,13-14,17-18,21-22,25,27,30-31,33,35-37,43H,1,9-10,12,15-16,19-20,23-24,26,28H2,2-7H3,(H,50,55)(H,51,54)/t31-,33+,35-,36-,37-,43+,48-/m1/s1. The average molecular weight is 808 g/mol. The molecule has 11 nitrogen and oxygen atoms in total. The summed E-state index contributed by atoms with van der Waals surface area (Å²) in [4.78, 5) is 74.8. The number of ether oxygens (including phenoxy) is 3. The Labute approximate surface area is 348 Å². The summed E-state index contributed by atoms with van der Waals surface area (Å²) >= 11 is 0. The number of hydrogen-bond acceptors (Lipinski definition) is 9. The fraction of sp³-hybridized carbons (Fsp3) is 0.542.